The second kappa shape index (κ2) is 6.05. The first-order valence-corrected chi connectivity index (χ1v) is 10.5. The van der Waals surface area contributed by atoms with E-state index in [9.17, 15) is 23.1 Å². The van der Waals surface area contributed by atoms with E-state index in [2.05, 4.69) is 9.71 Å². The fourth-order valence-electron chi connectivity index (χ4n) is 4.55. The third-order valence-corrected chi connectivity index (χ3v) is 7.35. The van der Waals surface area contributed by atoms with Crippen molar-refractivity contribution in [3.63, 3.8) is 0 Å². The van der Waals surface area contributed by atoms with Gasteiger partial charge in [0.05, 0.1) is 10.3 Å². The van der Waals surface area contributed by atoms with E-state index in [0.717, 1.165) is 12.8 Å². The van der Waals surface area contributed by atoms with E-state index in [0.29, 0.717) is 18.5 Å². The number of aliphatic carboxylic acids is 1. The lowest BCUT2D eigenvalue weighted by Crippen LogP contribution is -2.40. The molecule has 3 atom stereocenters. The molecule has 1 saturated carbocycles. The standard InChI is InChI=1S/C18H21N3O5S/c1-11(19-15-13-6-2-3-7-14(13)27(25,26)20-15)16(22)21-9-12-5-4-8-18(12,10-21)17(23)24/h2-3,6-7,11-12H,4-5,8-10H2,1H3,(H,19,20)(H,23,24)/t11?,12-,18+/m0/s1. The van der Waals surface area contributed by atoms with Crippen LogP contribution in [0.4, 0.5) is 0 Å². The summed E-state index contributed by atoms with van der Waals surface area (Å²) in [6, 6.07) is 5.66. The van der Waals surface area contributed by atoms with E-state index in [-0.39, 0.29) is 29.1 Å². The molecule has 0 radical (unpaired) electrons. The second-order valence-electron chi connectivity index (χ2n) is 7.52. The second-order valence-corrected chi connectivity index (χ2v) is 9.18. The van der Waals surface area contributed by atoms with Gasteiger partial charge in [0.1, 0.15) is 11.9 Å². The number of amidine groups is 1. The summed E-state index contributed by atoms with van der Waals surface area (Å²) in [5.41, 5.74) is -0.401. The third kappa shape index (κ3) is 2.72. The van der Waals surface area contributed by atoms with Crippen LogP contribution >= 0.6 is 0 Å². The Bertz CT molecular complexity index is 957. The summed E-state index contributed by atoms with van der Waals surface area (Å²) >= 11 is 0. The number of rotatable bonds is 3. The van der Waals surface area contributed by atoms with E-state index < -0.39 is 27.4 Å². The van der Waals surface area contributed by atoms with Gasteiger partial charge in [-0.3, -0.25) is 19.3 Å². The van der Waals surface area contributed by atoms with Crippen LogP contribution in [0.25, 0.3) is 0 Å². The molecule has 0 bridgehead atoms. The number of carboxylic acid groups (broad SMARTS) is 1. The van der Waals surface area contributed by atoms with Gasteiger partial charge in [0.2, 0.25) is 5.91 Å². The molecule has 144 valence electrons. The van der Waals surface area contributed by atoms with Crippen LogP contribution < -0.4 is 4.72 Å². The van der Waals surface area contributed by atoms with E-state index in [1.807, 2.05) is 0 Å². The van der Waals surface area contributed by atoms with Crippen LogP contribution in [-0.2, 0) is 19.6 Å². The molecule has 0 spiro atoms. The van der Waals surface area contributed by atoms with Gasteiger partial charge in [-0.2, -0.15) is 0 Å². The molecule has 1 aromatic rings. The van der Waals surface area contributed by atoms with Gasteiger partial charge in [0.15, 0.2) is 0 Å². The smallest absolute Gasteiger partial charge is 0.311 e. The lowest BCUT2D eigenvalue weighted by molar-refractivity contribution is -0.149. The zero-order chi connectivity index (χ0) is 19.4. The molecule has 1 amide bonds. The zero-order valence-electron chi connectivity index (χ0n) is 14.9. The van der Waals surface area contributed by atoms with E-state index in [1.54, 1.807) is 30.0 Å². The quantitative estimate of drug-likeness (QED) is 0.792. The Hall–Kier alpha value is -2.42. The van der Waals surface area contributed by atoms with Crippen molar-refractivity contribution >= 4 is 27.7 Å². The molecule has 2 N–H and O–H groups in total. The highest BCUT2D eigenvalue weighted by molar-refractivity contribution is 7.90. The number of nitrogens with one attached hydrogen (secondary N) is 1. The van der Waals surface area contributed by atoms with Crippen LogP contribution in [0.5, 0.6) is 0 Å². The number of amides is 1. The number of sulfonamides is 1. The summed E-state index contributed by atoms with van der Waals surface area (Å²) in [7, 11) is -3.66. The van der Waals surface area contributed by atoms with Crippen molar-refractivity contribution in [2.24, 2.45) is 16.3 Å². The Morgan fingerprint density at radius 2 is 2.11 bits per heavy atom. The molecule has 8 nitrogen and oxygen atoms in total. The van der Waals surface area contributed by atoms with Gasteiger partial charge < -0.3 is 10.0 Å². The number of hydrogen-bond donors (Lipinski definition) is 2. The fraction of sp³-hybridized carbons (Fsp3) is 0.500. The van der Waals surface area contributed by atoms with Crippen molar-refractivity contribution in [1.82, 2.24) is 9.62 Å². The highest BCUT2D eigenvalue weighted by Crippen LogP contribution is 2.49. The summed E-state index contributed by atoms with van der Waals surface area (Å²) in [4.78, 5) is 30.7. The number of likely N-dealkylation sites (tertiary alicyclic amines) is 1. The van der Waals surface area contributed by atoms with Crippen molar-refractivity contribution in [1.29, 1.82) is 0 Å². The van der Waals surface area contributed by atoms with Crippen LogP contribution in [0, 0.1) is 11.3 Å². The van der Waals surface area contributed by atoms with Crippen LogP contribution in [0.15, 0.2) is 34.2 Å². The van der Waals surface area contributed by atoms with E-state index >= 15 is 0 Å². The first kappa shape index (κ1) is 18.0. The summed E-state index contributed by atoms with van der Waals surface area (Å²) in [5, 5.41) is 9.67. The molecule has 2 fully saturated rings. The van der Waals surface area contributed by atoms with Crippen molar-refractivity contribution in [2.75, 3.05) is 13.1 Å². The average Bonchev–Trinajstić information content (AvgIpc) is 3.25. The number of carbonyl (C=O) groups is 2. The SMILES string of the molecule is CC(N=C1NS(=O)(=O)c2ccccc21)C(=O)N1C[C@@H]2CCC[C@@]2(C(=O)O)C1. The molecule has 27 heavy (non-hydrogen) atoms. The highest BCUT2D eigenvalue weighted by atomic mass is 32.2. The molecule has 1 aromatic carbocycles. The van der Waals surface area contributed by atoms with Gasteiger partial charge in [0.25, 0.3) is 10.0 Å². The predicted octanol–water partition coefficient (Wildman–Crippen LogP) is 0.827. The van der Waals surface area contributed by atoms with Crippen molar-refractivity contribution in [3.05, 3.63) is 29.8 Å². The largest absolute Gasteiger partial charge is 0.481 e. The van der Waals surface area contributed by atoms with Gasteiger partial charge in [-0.15, -0.1) is 0 Å². The summed E-state index contributed by atoms with van der Waals surface area (Å²) in [5.74, 6) is -0.985. The summed E-state index contributed by atoms with van der Waals surface area (Å²) < 4.78 is 26.7. The summed E-state index contributed by atoms with van der Waals surface area (Å²) in [6.07, 6.45) is 2.27. The maximum Gasteiger partial charge on any atom is 0.311 e. The molecule has 0 aromatic heterocycles. The van der Waals surface area contributed by atoms with Gasteiger partial charge >= 0.3 is 5.97 Å². The normalized spacial score (nSPS) is 30.6. The molecule has 2 heterocycles. The van der Waals surface area contributed by atoms with Crippen molar-refractivity contribution < 1.29 is 23.1 Å². The maximum absolute atomic E-state index is 12.9. The molecule has 9 heteroatoms. The Labute approximate surface area is 157 Å². The number of carboxylic acids is 1. The van der Waals surface area contributed by atoms with Crippen LogP contribution in [0.1, 0.15) is 31.7 Å². The first-order chi connectivity index (χ1) is 12.7. The topological polar surface area (TPSA) is 116 Å². The van der Waals surface area contributed by atoms with Crippen LogP contribution in [-0.4, -0.2) is 55.3 Å². The number of fused-ring (bicyclic) bond motifs is 2. The highest BCUT2D eigenvalue weighted by Gasteiger charge is 2.56. The van der Waals surface area contributed by atoms with Crippen LogP contribution in [0.3, 0.4) is 0 Å². The lowest BCUT2D eigenvalue weighted by Gasteiger charge is -2.24. The molecular weight excluding hydrogens is 370 g/mol. The summed E-state index contributed by atoms with van der Waals surface area (Å²) in [6.45, 7) is 2.22. The van der Waals surface area contributed by atoms with Gasteiger partial charge in [-0.1, -0.05) is 18.6 Å². The van der Waals surface area contributed by atoms with Crippen LogP contribution in [0.2, 0.25) is 0 Å². The Morgan fingerprint density at radius 1 is 1.37 bits per heavy atom. The Kier molecular flexibility index (Phi) is 4.03. The molecular formula is C18H21N3O5S. The number of carbonyl (C=O) groups excluding carboxylic acids is 1. The Balaban J connectivity index is 1.56. The minimum atomic E-state index is -3.66. The molecule has 2 aliphatic heterocycles. The van der Waals surface area contributed by atoms with Gasteiger partial charge in [-0.25, -0.2) is 8.42 Å². The number of benzene rings is 1. The maximum atomic E-state index is 12.9. The molecule has 1 aliphatic carbocycles. The van der Waals surface area contributed by atoms with Gasteiger partial charge in [-0.05, 0) is 37.8 Å². The minimum Gasteiger partial charge on any atom is -0.481 e. The molecule has 1 saturated heterocycles. The first-order valence-electron chi connectivity index (χ1n) is 8.97. The average molecular weight is 391 g/mol. The zero-order valence-corrected chi connectivity index (χ0v) is 15.7. The predicted molar refractivity (Wildman–Crippen MR) is 96.8 cm³/mol. The molecule has 1 unspecified atom stereocenters. The minimum absolute atomic E-state index is 0.0236. The van der Waals surface area contributed by atoms with Crippen molar-refractivity contribution in [3.8, 4) is 0 Å². The number of hydrogen-bond acceptors (Lipinski definition) is 5. The fourth-order valence-corrected chi connectivity index (χ4v) is 5.79. The van der Waals surface area contributed by atoms with E-state index in [1.165, 1.54) is 6.07 Å². The molecule has 3 aliphatic rings. The molecule has 4 rings (SSSR count). The Morgan fingerprint density at radius 3 is 2.81 bits per heavy atom. The number of aliphatic imine (C=N–C) groups is 1. The monoisotopic (exact) mass is 391 g/mol. The van der Waals surface area contributed by atoms with E-state index in [4.69, 9.17) is 0 Å². The third-order valence-electron chi connectivity index (χ3n) is 5.95. The lowest BCUT2D eigenvalue weighted by atomic mass is 9.81. The van der Waals surface area contributed by atoms with Crippen molar-refractivity contribution in [2.45, 2.75) is 37.1 Å². The van der Waals surface area contributed by atoms with Gasteiger partial charge in [0, 0.05) is 18.7 Å². The number of nitrogens with zero attached hydrogens (tertiary/aromatic N) is 2.